The van der Waals surface area contributed by atoms with Crippen molar-refractivity contribution in [3.63, 3.8) is 0 Å². The summed E-state index contributed by atoms with van der Waals surface area (Å²) in [6.45, 7) is 1.46. The first-order valence-electron chi connectivity index (χ1n) is 15.4. The summed E-state index contributed by atoms with van der Waals surface area (Å²) in [4.78, 5) is 16.0. The van der Waals surface area contributed by atoms with Crippen molar-refractivity contribution >= 4 is 11.7 Å². The van der Waals surface area contributed by atoms with E-state index in [1.807, 2.05) is 84.9 Å². The van der Waals surface area contributed by atoms with Crippen LogP contribution in [0.4, 0.5) is 5.82 Å². The first kappa shape index (κ1) is 31.2. The van der Waals surface area contributed by atoms with Gasteiger partial charge in [0.1, 0.15) is 23.8 Å². The van der Waals surface area contributed by atoms with Crippen LogP contribution < -0.4 is 11.5 Å². The zero-order chi connectivity index (χ0) is 31.8. The summed E-state index contributed by atoms with van der Waals surface area (Å²) in [6, 6.07) is 40.5. The maximum absolute atomic E-state index is 11.9. The normalized spacial score (nSPS) is 18.0. The number of hydrogen-bond donors (Lipinski definition) is 2. The third-order valence-corrected chi connectivity index (χ3v) is 8.23. The molecule has 0 spiro atoms. The summed E-state index contributed by atoms with van der Waals surface area (Å²) in [5.41, 5.74) is 14.9. The summed E-state index contributed by atoms with van der Waals surface area (Å²) in [7, 11) is 0. The van der Waals surface area contributed by atoms with Crippen molar-refractivity contribution in [1.29, 1.82) is 0 Å². The number of ether oxygens (including phenoxy) is 4. The smallest absolute Gasteiger partial charge is 0.271 e. The highest BCUT2D eigenvalue weighted by Gasteiger charge is 2.43. The highest BCUT2D eigenvalue weighted by atomic mass is 16.6. The molecule has 2 heterocycles. The molecular weight excluding hydrogens is 580 g/mol. The van der Waals surface area contributed by atoms with E-state index in [0.29, 0.717) is 26.2 Å². The Bertz CT molecular complexity index is 1590. The van der Waals surface area contributed by atoms with Crippen LogP contribution in [-0.2, 0) is 31.2 Å². The minimum atomic E-state index is -0.929. The molecule has 4 N–H and O–H groups in total. The lowest BCUT2D eigenvalue weighted by molar-refractivity contribution is -0.107. The van der Waals surface area contributed by atoms with Gasteiger partial charge in [-0.05, 0) is 22.3 Å². The van der Waals surface area contributed by atoms with Crippen molar-refractivity contribution in [2.75, 3.05) is 25.6 Å². The minimum absolute atomic E-state index is 0.00586. The first-order chi connectivity index (χ1) is 22.6. The van der Waals surface area contributed by atoms with Crippen molar-refractivity contribution in [3.05, 3.63) is 156 Å². The molecule has 3 atom stereocenters. The maximum atomic E-state index is 11.9. The van der Waals surface area contributed by atoms with Crippen LogP contribution in [0.2, 0.25) is 0 Å². The molecule has 4 aromatic carbocycles. The number of nitrogens with zero attached hydrogens (tertiary/aromatic N) is 2. The van der Waals surface area contributed by atoms with Crippen LogP contribution in [0.15, 0.2) is 128 Å². The van der Waals surface area contributed by atoms with Crippen molar-refractivity contribution in [1.82, 2.24) is 9.55 Å². The molecule has 1 amide bonds. The largest absolute Gasteiger partial charge is 0.383 e. The molecule has 1 saturated heterocycles. The van der Waals surface area contributed by atoms with Gasteiger partial charge in [0.05, 0.1) is 38.9 Å². The average molecular weight is 619 g/mol. The van der Waals surface area contributed by atoms with Crippen LogP contribution in [0.25, 0.3) is 0 Å². The third-order valence-electron chi connectivity index (χ3n) is 8.23. The topological polar surface area (TPSA) is 124 Å². The predicted molar refractivity (Wildman–Crippen MR) is 175 cm³/mol. The van der Waals surface area contributed by atoms with Crippen LogP contribution >= 0.6 is 0 Å². The van der Waals surface area contributed by atoms with E-state index in [9.17, 15) is 4.79 Å². The van der Waals surface area contributed by atoms with Crippen molar-refractivity contribution in [2.24, 2.45) is 5.73 Å². The fourth-order valence-corrected chi connectivity index (χ4v) is 5.98. The molecule has 236 valence electrons. The molecule has 1 unspecified atom stereocenters. The number of nitrogen functional groups attached to an aromatic ring is 1. The first-order valence-corrected chi connectivity index (χ1v) is 15.4. The molecule has 1 fully saturated rings. The SMILES string of the molecule is NC(=O)c1ncn([C@H]2CC(OCCOCc3ccccc3)[C@@H](COC(c3ccccc3)(c3ccccc3)c3ccccc3)O2)c1N. The van der Waals surface area contributed by atoms with E-state index in [2.05, 4.69) is 41.4 Å². The Balaban J connectivity index is 1.26. The van der Waals surface area contributed by atoms with Gasteiger partial charge in [-0.25, -0.2) is 4.98 Å². The van der Waals surface area contributed by atoms with Crippen molar-refractivity contribution in [2.45, 2.75) is 37.1 Å². The van der Waals surface area contributed by atoms with E-state index in [-0.39, 0.29) is 24.2 Å². The number of benzene rings is 4. The third kappa shape index (κ3) is 6.73. The molecule has 6 rings (SSSR count). The van der Waals surface area contributed by atoms with Crippen LogP contribution in [0.1, 0.15) is 45.4 Å². The monoisotopic (exact) mass is 618 g/mol. The van der Waals surface area contributed by atoms with Gasteiger partial charge >= 0.3 is 0 Å². The molecule has 0 saturated carbocycles. The number of rotatable bonds is 14. The molecule has 0 aliphatic carbocycles. The number of carbonyl (C=O) groups is 1. The van der Waals surface area contributed by atoms with Gasteiger partial charge in [-0.3, -0.25) is 9.36 Å². The van der Waals surface area contributed by atoms with E-state index in [4.69, 9.17) is 30.4 Å². The van der Waals surface area contributed by atoms with Crippen LogP contribution in [0.5, 0.6) is 0 Å². The van der Waals surface area contributed by atoms with Gasteiger partial charge in [-0.2, -0.15) is 0 Å². The second kappa shape index (κ2) is 14.5. The molecule has 0 radical (unpaired) electrons. The van der Waals surface area contributed by atoms with Gasteiger partial charge in [-0.1, -0.05) is 121 Å². The molecule has 1 aromatic heterocycles. The zero-order valence-electron chi connectivity index (χ0n) is 25.5. The van der Waals surface area contributed by atoms with Gasteiger partial charge in [0.25, 0.3) is 5.91 Å². The zero-order valence-corrected chi connectivity index (χ0v) is 25.5. The summed E-state index contributed by atoms with van der Waals surface area (Å²) in [5, 5.41) is 0. The minimum Gasteiger partial charge on any atom is -0.383 e. The van der Waals surface area contributed by atoms with Crippen molar-refractivity contribution < 1.29 is 23.7 Å². The molecule has 9 nitrogen and oxygen atoms in total. The summed E-state index contributed by atoms with van der Waals surface area (Å²) in [5.74, 6) is -0.549. The van der Waals surface area contributed by atoms with Gasteiger partial charge in [-0.15, -0.1) is 0 Å². The summed E-state index contributed by atoms with van der Waals surface area (Å²) >= 11 is 0. The highest BCUT2D eigenvalue weighted by molar-refractivity contribution is 5.95. The molecule has 0 bridgehead atoms. The maximum Gasteiger partial charge on any atom is 0.271 e. The second-order valence-electron chi connectivity index (χ2n) is 11.2. The molecule has 5 aromatic rings. The lowest BCUT2D eigenvalue weighted by Crippen LogP contribution is -2.38. The molecule has 1 aliphatic rings. The van der Waals surface area contributed by atoms with Crippen molar-refractivity contribution in [3.8, 4) is 0 Å². The molecule has 1 aliphatic heterocycles. The number of amides is 1. The van der Waals surface area contributed by atoms with E-state index in [1.54, 1.807) is 4.57 Å². The Kier molecular flexibility index (Phi) is 9.85. The van der Waals surface area contributed by atoms with Crippen LogP contribution in [0.3, 0.4) is 0 Å². The second-order valence-corrected chi connectivity index (χ2v) is 11.2. The Morgan fingerprint density at radius 2 is 1.37 bits per heavy atom. The summed E-state index contributed by atoms with van der Waals surface area (Å²) in [6.07, 6.45) is 0.563. The lowest BCUT2D eigenvalue weighted by Gasteiger charge is -2.37. The Morgan fingerprint density at radius 3 is 1.89 bits per heavy atom. The number of aromatic nitrogens is 2. The lowest BCUT2D eigenvalue weighted by atomic mass is 9.80. The Labute approximate surface area is 268 Å². The number of primary amides is 1. The van der Waals surface area contributed by atoms with Gasteiger partial charge in [0.2, 0.25) is 0 Å². The van der Waals surface area contributed by atoms with Crippen LogP contribution in [-0.4, -0.2) is 47.5 Å². The quantitative estimate of drug-likeness (QED) is 0.125. The fourth-order valence-electron chi connectivity index (χ4n) is 5.98. The molecule has 9 heteroatoms. The number of carbonyl (C=O) groups excluding carboxylic acids is 1. The number of nitrogens with two attached hydrogens (primary N) is 2. The number of anilines is 1. The molecular formula is C37H38N4O5. The predicted octanol–water partition coefficient (Wildman–Crippen LogP) is 5.46. The Hall–Kier alpha value is -4.80. The van der Waals surface area contributed by atoms with Gasteiger partial charge < -0.3 is 30.4 Å². The van der Waals surface area contributed by atoms with E-state index >= 15 is 0 Å². The fraction of sp³-hybridized carbons (Fsp3) is 0.243. The van der Waals surface area contributed by atoms with E-state index in [1.165, 1.54) is 6.33 Å². The number of hydrogen-bond acceptors (Lipinski definition) is 7. The number of imidazole rings is 1. The van der Waals surface area contributed by atoms with E-state index < -0.39 is 23.8 Å². The van der Waals surface area contributed by atoms with E-state index in [0.717, 1.165) is 22.3 Å². The highest BCUT2D eigenvalue weighted by Crippen LogP contribution is 2.42. The summed E-state index contributed by atoms with van der Waals surface area (Å²) < 4.78 is 27.5. The Morgan fingerprint density at radius 1 is 0.826 bits per heavy atom. The van der Waals surface area contributed by atoms with Gasteiger partial charge in [0, 0.05) is 6.42 Å². The average Bonchev–Trinajstić information content (AvgIpc) is 3.69. The van der Waals surface area contributed by atoms with Gasteiger partial charge in [0.15, 0.2) is 5.69 Å². The molecule has 46 heavy (non-hydrogen) atoms. The van der Waals surface area contributed by atoms with Crippen LogP contribution in [0, 0.1) is 0 Å². The standard InChI is InChI=1S/C37H38N4O5/c38-35-34(36(39)42)40-26-41(35)33-23-31(44-22-21-43-24-27-13-5-1-6-14-27)32(46-33)25-45-37(28-15-7-2-8-16-28,29-17-9-3-10-18-29)30-19-11-4-12-20-30/h1-20,26,31-33H,21-25,38H2,(H2,39,42)/t31?,32-,33-/m1/s1.